The van der Waals surface area contributed by atoms with Gasteiger partial charge in [-0.25, -0.2) is 13.8 Å². The van der Waals surface area contributed by atoms with Gasteiger partial charge in [-0.05, 0) is 31.0 Å². The van der Waals surface area contributed by atoms with Crippen molar-refractivity contribution in [3.63, 3.8) is 0 Å². The minimum atomic E-state index is -0.614. The van der Waals surface area contributed by atoms with Gasteiger partial charge in [0.2, 0.25) is 0 Å². The fourth-order valence-electron chi connectivity index (χ4n) is 1.89. The van der Waals surface area contributed by atoms with Crippen molar-refractivity contribution >= 4 is 11.5 Å². The SMILES string of the molecule is Cc1cc(NCCc2ccc(F)cc2F)ncc1[N+](=O)[O-]. The fraction of sp³-hybridized carbons (Fsp3) is 0.214. The van der Waals surface area contributed by atoms with Gasteiger partial charge in [-0.2, -0.15) is 0 Å². The van der Waals surface area contributed by atoms with Crippen LogP contribution in [0.4, 0.5) is 20.3 Å². The Morgan fingerprint density at radius 2 is 2.10 bits per heavy atom. The summed E-state index contributed by atoms with van der Waals surface area (Å²) < 4.78 is 26.2. The number of halogens is 2. The first-order chi connectivity index (χ1) is 9.97. The van der Waals surface area contributed by atoms with Crippen LogP contribution in [-0.2, 0) is 6.42 Å². The number of aromatic nitrogens is 1. The molecule has 2 aromatic rings. The molecule has 5 nitrogen and oxygen atoms in total. The molecule has 1 aromatic heterocycles. The summed E-state index contributed by atoms with van der Waals surface area (Å²) in [6, 6.07) is 4.98. The lowest BCUT2D eigenvalue weighted by Crippen LogP contribution is -2.08. The Bertz CT molecular complexity index is 677. The van der Waals surface area contributed by atoms with Gasteiger partial charge in [0.05, 0.1) is 4.92 Å². The number of anilines is 1. The lowest BCUT2D eigenvalue weighted by atomic mass is 10.1. The third-order valence-corrected chi connectivity index (χ3v) is 3.00. The summed E-state index contributed by atoms with van der Waals surface area (Å²) in [5.74, 6) is -0.734. The van der Waals surface area contributed by atoms with E-state index in [0.29, 0.717) is 29.9 Å². The molecule has 21 heavy (non-hydrogen) atoms. The zero-order valence-corrected chi connectivity index (χ0v) is 11.3. The normalized spacial score (nSPS) is 10.4. The number of nitrogens with one attached hydrogen (secondary N) is 1. The number of benzene rings is 1. The quantitative estimate of drug-likeness (QED) is 0.679. The Labute approximate surface area is 119 Å². The topological polar surface area (TPSA) is 68.1 Å². The van der Waals surface area contributed by atoms with Gasteiger partial charge in [0.25, 0.3) is 5.69 Å². The molecule has 110 valence electrons. The molecule has 1 heterocycles. The smallest absolute Gasteiger partial charge is 0.290 e. The Hall–Kier alpha value is -2.57. The molecule has 0 unspecified atom stereocenters. The second-order valence-corrected chi connectivity index (χ2v) is 4.53. The highest BCUT2D eigenvalue weighted by atomic mass is 19.1. The molecule has 7 heteroatoms. The van der Waals surface area contributed by atoms with Crippen LogP contribution in [0, 0.1) is 28.7 Å². The van der Waals surface area contributed by atoms with Crippen molar-refractivity contribution in [1.29, 1.82) is 0 Å². The summed E-state index contributed by atoms with van der Waals surface area (Å²) in [6.07, 6.45) is 1.53. The summed E-state index contributed by atoms with van der Waals surface area (Å²) in [7, 11) is 0. The first-order valence-electron chi connectivity index (χ1n) is 6.26. The first-order valence-corrected chi connectivity index (χ1v) is 6.26. The van der Waals surface area contributed by atoms with Gasteiger partial charge in [-0.15, -0.1) is 0 Å². The van der Waals surface area contributed by atoms with E-state index in [0.717, 1.165) is 6.07 Å². The molecule has 0 radical (unpaired) electrons. The maximum atomic E-state index is 13.4. The molecule has 2 rings (SSSR count). The second-order valence-electron chi connectivity index (χ2n) is 4.53. The number of pyridine rings is 1. The zero-order chi connectivity index (χ0) is 15.4. The average Bonchev–Trinajstić information content (AvgIpc) is 2.41. The van der Waals surface area contributed by atoms with Gasteiger partial charge >= 0.3 is 0 Å². The molecule has 0 saturated heterocycles. The maximum Gasteiger partial charge on any atom is 0.290 e. The van der Waals surface area contributed by atoms with Crippen molar-refractivity contribution in [2.75, 3.05) is 11.9 Å². The molecule has 0 atom stereocenters. The lowest BCUT2D eigenvalue weighted by Gasteiger charge is -2.07. The Morgan fingerprint density at radius 3 is 2.71 bits per heavy atom. The van der Waals surface area contributed by atoms with E-state index >= 15 is 0 Å². The summed E-state index contributed by atoms with van der Waals surface area (Å²) in [5.41, 5.74) is 0.832. The molecular formula is C14H13F2N3O2. The highest BCUT2D eigenvalue weighted by molar-refractivity contribution is 5.46. The van der Waals surface area contributed by atoms with Crippen LogP contribution in [0.25, 0.3) is 0 Å². The van der Waals surface area contributed by atoms with Crippen LogP contribution in [-0.4, -0.2) is 16.5 Å². The third-order valence-electron chi connectivity index (χ3n) is 3.00. The van der Waals surface area contributed by atoms with E-state index in [1.807, 2.05) is 0 Å². The van der Waals surface area contributed by atoms with Crippen molar-refractivity contribution in [3.8, 4) is 0 Å². The van der Waals surface area contributed by atoms with Crippen molar-refractivity contribution in [1.82, 2.24) is 4.98 Å². The number of nitro groups is 1. The highest BCUT2D eigenvalue weighted by Gasteiger charge is 2.11. The number of hydrogen-bond donors (Lipinski definition) is 1. The largest absolute Gasteiger partial charge is 0.370 e. The molecule has 0 bridgehead atoms. The van der Waals surface area contributed by atoms with E-state index in [1.165, 1.54) is 18.3 Å². The predicted molar refractivity (Wildman–Crippen MR) is 74.2 cm³/mol. The Morgan fingerprint density at radius 1 is 1.33 bits per heavy atom. The van der Waals surface area contributed by atoms with Crippen LogP contribution in [0.5, 0.6) is 0 Å². The standard InChI is InChI=1S/C14H13F2N3O2/c1-9-6-14(18-8-13(9)19(20)21)17-5-4-10-2-3-11(15)7-12(10)16/h2-3,6-8H,4-5H2,1H3,(H,17,18). The molecule has 0 spiro atoms. The van der Waals surface area contributed by atoms with Crippen LogP contribution in [0.15, 0.2) is 30.5 Å². The molecule has 0 fully saturated rings. The molecular weight excluding hydrogens is 280 g/mol. The second kappa shape index (κ2) is 6.25. The molecule has 0 aliphatic heterocycles. The predicted octanol–water partition coefficient (Wildman–Crippen LogP) is 3.23. The van der Waals surface area contributed by atoms with Crippen LogP contribution in [0.1, 0.15) is 11.1 Å². The van der Waals surface area contributed by atoms with Gasteiger partial charge in [0.15, 0.2) is 0 Å². The monoisotopic (exact) mass is 293 g/mol. The van der Waals surface area contributed by atoms with Crippen LogP contribution in [0.3, 0.4) is 0 Å². The Balaban J connectivity index is 1.97. The molecule has 1 N–H and O–H groups in total. The number of rotatable bonds is 5. The van der Waals surface area contributed by atoms with Gasteiger partial charge in [-0.1, -0.05) is 6.07 Å². The zero-order valence-electron chi connectivity index (χ0n) is 11.3. The van der Waals surface area contributed by atoms with Gasteiger partial charge < -0.3 is 5.32 Å². The summed E-state index contributed by atoms with van der Waals surface area (Å²) >= 11 is 0. The lowest BCUT2D eigenvalue weighted by molar-refractivity contribution is -0.385. The summed E-state index contributed by atoms with van der Waals surface area (Å²) in [5, 5.41) is 13.6. The number of aryl methyl sites for hydroxylation is 1. The fourth-order valence-corrected chi connectivity index (χ4v) is 1.89. The van der Waals surface area contributed by atoms with E-state index in [-0.39, 0.29) is 5.69 Å². The molecule has 0 aliphatic carbocycles. The number of nitrogens with zero attached hydrogens (tertiary/aromatic N) is 2. The van der Waals surface area contributed by atoms with E-state index in [4.69, 9.17) is 0 Å². The summed E-state index contributed by atoms with van der Waals surface area (Å²) in [6.45, 7) is 2.00. The summed E-state index contributed by atoms with van der Waals surface area (Å²) in [4.78, 5) is 14.1. The van der Waals surface area contributed by atoms with Gasteiger partial charge in [-0.3, -0.25) is 10.1 Å². The molecule has 1 aromatic carbocycles. The molecule has 0 saturated carbocycles. The third kappa shape index (κ3) is 3.71. The van der Waals surface area contributed by atoms with E-state index < -0.39 is 16.6 Å². The molecule has 0 amide bonds. The van der Waals surface area contributed by atoms with Crippen molar-refractivity contribution < 1.29 is 13.7 Å². The van der Waals surface area contributed by atoms with E-state index in [9.17, 15) is 18.9 Å². The Kier molecular flexibility index (Phi) is 4.42. The van der Waals surface area contributed by atoms with Gasteiger partial charge in [0.1, 0.15) is 23.6 Å². The van der Waals surface area contributed by atoms with E-state index in [1.54, 1.807) is 13.0 Å². The van der Waals surface area contributed by atoms with Crippen LogP contribution < -0.4 is 5.32 Å². The van der Waals surface area contributed by atoms with Crippen LogP contribution >= 0.6 is 0 Å². The van der Waals surface area contributed by atoms with Crippen molar-refractivity contribution in [3.05, 3.63) is 63.3 Å². The molecule has 0 aliphatic rings. The average molecular weight is 293 g/mol. The van der Waals surface area contributed by atoms with Crippen molar-refractivity contribution in [2.45, 2.75) is 13.3 Å². The minimum absolute atomic E-state index is 0.0508. The van der Waals surface area contributed by atoms with E-state index in [2.05, 4.69) is 10.3 Å². The van der Waals surface area contributed by atoms with Crippen molar-refractivity contribution in [2.24, 2.45) is 0 Å². The first kappa shape index (κ1) is 14.8. The van der Waals surface area contributed by atoms with Crippen LogP contribution in [0.2, 0.25) is 0 Å². The maximum absolute atomic E-state index is 13.4. The highest BCUT2D eigenvalue weighted by Crippen LogP contribution is 2.19. The van der Waals surface area contributed by atoms with Gasteiger partial charge in [0, 0.05) is 18.2 Å². The number of hydrogen-bond acceptors (Lipinski definition) is 4. The minimum Gasteiger partial charge on any atom is -0.370 e.